The minimum Gasteiger partial charge on any atom is -0.482 e. The maximum Gasteiger partial charge on any atom is 0.260 e. The average Bonchev–Trinajstić information content (AvgIpc) is 2.28. The number of amides is 1. The van der Waals surface area contributed by atoms with Crippen LogP contribution in [-0.2, 0) is 4.79 Å². The van der Waals surface area contributed by atoms with Gasteiger partial charge in [-0.2, -0.15) is 0 Å². The van der Waals surface area contributed by atoms with Crippen LogP contribution in [0.2, 0.25) is 0 Å². The fourth-order valence-corrected chi connectivity index (χ4v) is 1.48. The van der Waals surface area contributed by atoms with Crippen LogP contribution in [0.15, 0.2) is 22.7 Å². The van der Waals surface area contributed by atoms with Crippen molar-refractivity contribution >= 4 is 21.8 Å². The maximum atomic E-state index is 13.0. The zero-order valence-electron chi connectivity index (χ0n) is 10.0. The van der Waals surface area contributed by atoms with E-state index in [4.69, 9.17) is 4.74 Å². The summed E-state index contributed by atoms with van der Waals surface area (Å²) in [5.74, 6) is -0.209. The predicted octanol–water partition coefficient (Wildman–Crippen LogP) is 2.83. The molecule has 0 N–H and O–H groups in total. The summed E-state index contributed by atoms with van der Waals surface area (Å²) < 4.78 is 18.9. The van der Waals surface area contributed by atoms with Gasteiger partial charge >= 0.3 is 0 Å². The average molecular weight is 304 g/mol. The molecule has 0 unspecified atom stereocenters. The van der Waals surface area contributed by atoms with Gasteiger partial charge in [0.15, 0.2) is 6.61 Å². The molecule has 17 heavy (non-hydrogen) atoms. The van der Waals surface area contributed by atoms with Gasteiger partial charge < -0.3 is 9.64 Å². The Morgan fingerprint density at radius 3 is 2.76 bits per heavy atom. The van der Waals surface area contributed by atoms with Crippen LogP contribution >= 0.6 is 15.9 Å². The van der Waals surface area contributed by atoms with E-state index < -0.39 is 5.82 Å². The number of rotatable bonds is 4. The van der Waals surface area contributed by atoms with Crippen LogP contribution < -0.4 is 4.74 Å². The van der Waals surface area contributed by atoms with E-state index in [0.29, 0.717) is 10.2 Å². The Kier molecular flexibility index (Phi) is 4.93. The number of halogens is 2. The first kappa shape index (κ1) is 14.0. The normalized spacial score (nSPS) is 10.5. The van der Waals surface area contributed by atoms with Gasteiger partial charge in [0.2, 0.25) is 0 Å². The monoisotopic (exact) mass is 303 g/mol. The summed E-state index contributed by atoms with van der Waals surface area (Å²) in [6, 6.07) is 4.22. The Bertz CT molecular complexity index is 409. The molecule has 3 nitrogen and oxygen atoms in total. The van der Waals surface area contributed by atoms with Gasteiger partial charge in [-0.1, -0.05) is 0 Å². The molecule has 94 valence electrons. The highest BCUT2D eigenvalue weighted by molar-refractivity contribution is 9.10. The summed E-state index contributed by atoms with van der Waals surface area (Å²) in [7, 11) is 1.71. The van der Waals surface area contributed by atoms with Gasteiger partial charge in [-0.15, -0.1) is 0 Å². The Labute approximate surface area is 109 Å². The first-order valence-corrected chi connectivity index (χ1v) is 6.04. The van der Waals surface area contributed by atoms with Crippen molar-refractivity contribution in [1.82, 2.24) is 4.90 Å². The lowest BCUT2D eigenvalue weighted by atomic mass is 10.3. The molecule has 1 aromatic carbocycles. The topological polar surface area (TPSA) is 29.5 Å². The highest BCUT2D eigenvalue weighted by atomic mass is 79.9. The smallest absolute Gasteiger partial charge is 0.260 e. The van der Waals surface area contributed by atoms with E-state index in [1.807, 2.05) is 13.8 Å². The molecule has 0 heterocycles. The molecule has 1 rings (SSSR count). The predicted molar refractivity (Wildman–Crippen MR) is 67.5 cm³/mol. The molecule has 5 heteroatoms. The summed E-state index contributed by atoms with van der Waals surface area (Å²) in [6.45, 7) is 3.72. The van der Waals surface area contributed by atoms with Crippen LogP contribution in [-0.4, -0.2) is 30.5 Å². The zero-order valence-corrected chi connectivity index (χ0v) is 11.6. The van der Waals surface area contributed by atoms with Gasteiger partial charge in [-0.25, -0.2) is 4.39 Å². The van der Waals surface area contributed by atoms with Crippen molar-refractivity contribution in [2.24, 2.45) is 0 Å². The first-order chi connectivity index (χ1) is 7.91. The Balaban J connectivity index is 2.61. The third kappa shape index (κ3) is 4.00. The molecule has 0 aliphatic carbocycles. The van der Waals surface area contributed by atoms with Gasteiger partial charge in [0.05, 0.1) is 4.47 Å². The number of likely N-dealkylation sites (N-methyl/N-ethyl adjacent to an activating group) is 1. The third-order valence-corrected chi connectivity index (χ3v) is 3.07. The Morgan fingerprint density at radius 1 is 1.53 bits per heavy atom. The second-order valence-corrected chi connectivity index (χ2v) is 4.82. The molecule has 0 saturated carbocycles. The molecule has 0 atom stereocenters. The van der Waals surface area contributed by atoms with Gasteiger partial charge in [0.25, 0.3) is 5.91 Å². The molecule has 0 radical (unpaired) electrons. The van der Waals surface area contributed by atoms with Gasteiger partial charge in [0, 0.05) is 19.2 Å². The summed E-state index contributed by atoms with van der Waals surface area (Å²) in [5, 5.41) is 0. The molecule has 0 aliphatic rings. The molecule has 1 amide bonds. The fraction of sp³-hybridized carbons (Fsp3) is 0.417. The van der Waals surface area contributed by atoms with Crippen LogP contribution in [0.5, 0.6) is 5.75 Å². The van der Waals surface area contributed by atoms with Crippen molar-refractivity contribution in [1.29, 1.82) is 0 Å². The zero-order chi connectivity index (χ0) is 13.0. The number of hydrogen-bond donors (Lipinski definition) is 0. The van der Waals surface area contributed by atoms with Crippen molar-refractivity contribution in [2.45, 2.75) is 19.9 Å². The van der Waals surface area contributed by atoms with Gasteiger partial charge in [0.1, 0.15) is 11.6 Å². The first-order valence-electron chi connectivity index (χ1n) is 5.25. The van der Waals surface area contributed by atoms with E-state index in [1.54, 1.807) is 18.0 Å². The van der Waals surface area contributed by atoms with Crippen LogP contribution in [0, 0.1) is 5.82 Å². The molecular formula is C12H15BrFNO2. The summed E-state index contributed by atoms with van der Waals surface area (Å²) in [4.78, 5) is 13.2. The molecule has 0 aliphatic heterocycles. The lowest BCUT2D eigenvalue weighted by molar-refractivity contribution is -0.133. The van der Waals surface area contributed by atoms with Gasteiger partial charge in [-0.3, -0.25) is 4.79 Å². The van der Waals surface area contributed by atoms with Crippen molar-refractivity contribution in [3.63, 3.8) is 0 Å². The van der Waals surface area contributed by atoms with Crippen LogP contribution in [0.1, 0.15) is 13.8 Å². The number of carbonyl (C=O) groups excluding carboxylic acids is 1. The SMILES string of the molecule is CC(C)N(C)C(=O)COc1cc(F)ccc1Br. The Hall–Kier alpha value is -1.10. The standard InChI is InChI=1S/C12H15BrFNO2/c1-8(2)15(3)12(16)7-17-11-6-9(14)4-5-10(11)13/h4-6,8H,7H2,1-3H3. The second kappa shape index (κ2) is 6.00. The third-order valence-electron chi connectivity index (χ3n) is 2.41. The minimum absolute atomic E-state index is 0.100. The minimum atomic E-state index is -0.395. The van der Waals surface area contributed by atoms with E-state index in [1.165, 1.54) is 12.1 Å². The number of carbonyl (C=O) groups is 1. The molecule has 0 aromatic heterocycles. The van der Waals surface area contributed by atoms with Gasteiger partial charge in [-0.05, 0) is 41.9 Å². The van der Waals surface area contributed by atoms with E-state index in [9.17, 15) is 9.18 Å². The number of hydrogen-bond acceptors (Lipinski definition) is 2. The molecule has 0 spiro atoms. The lowest BCUT2D eigenvalue weighted by Gasteiger charge is -2.21. The number of nitrogens with zero attached hydrogens (tertiary/aromatic N) is 1. The molecular weight excluding hydrogens is 289 g/mol. The summed E-state index contributed by atoms with van der Waals surface area (Å²) in [5.41, 5.74) is 0. The highest BCUT2D eigenvalue weighted by Gasteiger charge is 2.13. The Morgan fingerprint density at radius 2 is 2.18 bits per heavy atom. The number of ether oxygens (including phenoxy) is 1. The van der Waals surface area contributed by atoms with E-state index in [2.05, 4.69) is 15.9 Å². The van der Waals surface area contributed by atoms with E-state index in [-0.39, 0.29) is 18.6 Å². The van der Waals surface area contributed by atoms with Crippen LogP contribution in [0.4, 0.5) is 4.39 Å². The largest absolute Gasteiger partial charge is 0.482 e. The maximum absolute atomic E-state index is 13.0. The van der Waals surface area contributed by atoms with Crippen molar-refractivity contribution in [3.05, 3.63) is 28.5 Å². The second-order valence-electron chi connectivity index (χ2n) is 3.96. The number of benzene rings is 1. The summed E-state index contributed by atoms with van der Waals surface area (Å²) in [6.07, 6.45) is 0. The van der Waals surface area contributed by atoms with Crippen molar-refractivity contribution < 1.29 is 13.9 Å². The van der Waals surface area contributed by atoms with Crippen molar-refractivity contribution in [2.75, 3.05) is 13.7 Å². The lowest BCUT2D eigenvalue weighted by Crippen LogP contribution is -2.36. The molecule has 0 bridgehead atoms. The molecule has 0 fully saturated rings. The molecule has 0 saturated heterocycles. The fourth-order valence-electron chi connectivity index (χ4n) is 1.12. The molecule has 1 aromatic rings. The van der Waals surface area contributed by atoms with E-state index in [0.717, 1.165) is 0 Å². The van der Waals surface area contributed by atoms with Crippen LogP contribution in [0.25, 0.3) is 0 Å². The quantitative estimate of drug-likeness (QED) is 0.856. The van der Waals surface area contributed by atoms with Crippen molar-refractivity contribution in [3.8, 4) is 5.75 Å². The van der Waals surface area contributed by atoms with Crippen LogP contribution in [0.3, 0.4) is 0 Å². The highest BCUT2D eigenvalue weighted by Crippen LogP contribution is 2.25. The van der Waals surface area contributed by atoms with E-state index >= 15 is 0 Å². The summed E-state index contributed by atoms with van der Waals surface area (Å²) >= 11 is 3.23.